The summed E-state index contributed by atoms with van der Waals surface area (Å²) in [5.41, 5.74) is 0.0656. The van der Waals surface area contributed by atoms with Gasteiger partial charge in [-0.3, -0.25) is 15.1 Å². The zero-order valence-corrected chi connectivity index (χ0v) is 12.5. The van der Waals surface area contributed by atoms with E-state index >= 15 is 0 Å². The number of ether oxygens (including phenoxy) is 1. The summed E-state index contributed by atoms with van der Waals surface area (Å²) in [7, 11) is 1.62. The Labute approximate surface area is 120 Å². The maximum atomic E-state index is 12.2. The monoisotopic (exact) mass is 325 g/mol. The van der Waals surface area contributed by atoms with E-state index in [1.807, 2.05) is 31.2 Å². The van der Waals surface area contributed by atoms with Gasteiger partial charge in [-0.05, 0) is 13.0 Å². The molecule has 19 heavy (non-hydrogen) atoms. The summed E-state index contributed by atoms with van der Waals surface area (Å²) >= 11 is 3.47. The number of aliphatic imine (C=N–C) groups is 1. The highest BCUT2D eigenvalue weighted by Gasteiger charge is 2.43. The van der Waals surface area contributed by atoms with Crippen LogP contribution >= 0.6 is 15.9 Å². The molecule has 2 N–H and O–H groups in total. The second-order valence-electron chi connectivity index (χ2n) is 4.41. The number of carbonyl (C=O) groups excluding carboxylic acids is 1. The molecule has 1 atom stereocenters. The third kappa shape index (κ3) is 2.79. The molecule has 1 aliphatic rings. The Balaban J connectivity index is 2.23. The molecule has 102 valence electrons. The summed E-state index contributed by atoms with van der Waals surface area (Å²) in [5.74, 6) is 0.371. The van der Waals surface area contributed by atoms with E-state index in [1.54, 1.807) is 7.11 Å². The van der Waals surface area contributed by atoms with Crippen LogP contribution in [0.2, 0.25) is 0 Å². The average molecular weight is 326 g/mol. The molecule has 0 aliphatic carbocycles. The molecule has 2 rings (SSSR count). The molecule has 1 aromatic carbocycles. The first kappa shape index (κ1) is 14.0. The van der Waals surface area contributed by atoms with E-state index in [4.69, 9.17) is 4.74 Å². The van der Waals surface area contributed by atoms with Crippen molar-refractivity contribution in [1.82, 2.24) is 10.6 Å². The Hall–Kier alpha value is -1.40. The van der Waals surface area contributed by atoms with Gasteiger partial charge in [0.15, 0.2) is 5.96 Å². The number of hydrogen-bond donors (Lipinski definition) is 2. The molecule has 1 unspecified atom stereocenters. The first-order valence-corrected chi connectivity index (χ1v) is 6.75. The van der Waals surface area contributed by atoms with E-state index in [-0.39, 0.29) is 5.91 Å². The number of hydrogen-bond acceptors (Lipinski definition) is 3. The Bertz CT molecular complexity index is 518. The SMILES string of the molecule is COCCN=C1NC(=O)C(C)(c2ccccc2Br)N1. The first-order valence-electron chi connectivity index (χ1n) is 5.96. The number of nitrogens with one attached hydrogen (secondary N) is 2. The fraction of sp³-hybridized carbons (Fsp3) is 0.385. The van der Waals surface area contributed by atoms with Gasteiger partial charge in [0.25, 0.3) is 5.91 Å². The second-order valence-corrected chi connectivity index (χ2v) is 5.26. The Morgan fingerprint density at radius 3 is 2.84 bits per heavy atom. The molecule has 1 aromatic rings. The van der Waals surface area contributed by atoms with Gasteiger partial charge < -0.3 is 10.1 Å². The summed E-state index contributed by atoms with van der Waals surface area (Å²) in [6.45, 7) is 2.86. The van der Waals surface area contributed by atoms with Crippen LogP contribution in [0.1, 0.15) is 12.5 Å². The third-order valence-corrected chi connectivity index (χ3v) is 3.72. The van der Waals surface area contributed by atoms with Gasteiger partial charge in [-0.2, -0.15) is 0 Å². The zero-order valence-electron chi connectivity index (χ0n) is 10.9. The molecule has 0 saturated carbocycles. The van der Waals surface area contributed by atoms with Gasteiger partial charge in [-0.25, -0.2) is 0 Å². The van der Waals surface area contributed by atoms with Crippen molar-refractivity contribution in [1.29, 1.82) is 0 Å². The summed E-state index contributed by atoms with van der Waals surface area (Å²) in [4.78, 5) is 16.4. The molecule has 0 spiro atoms. The lowest BCUT2D eigenvalue weighted by atomic mass is 9.92. The number of methoxy groups -OCH3 is 1. The van der Waals surface area contributed by atoms with Crippen molar-refractivity contribution in [3.63, 3.8) is 0 Å². The standard InChI is InChI=1S/C13H16BrN3O2/c1-13(9-5-3-4-6-10(9)14)11(18)16-12(17-13)15-7-8-19-2/h3-6H,7-8H2,1-2H3,(H2,15,16,17,18). The quantitative estimate of drug-likeness (QED) is 0.822. The molecule has 1 fully saturated rings. The van der Waals surface area contributed by atoms with E-state index < -0.39 is 5.54 Å². The third-order valence-electron chi connectivity index (χ3n) is 3.03. The lowest BCUT2D eigenvalue weighted by Gasteiger charge is -2.22. The molecule has 5 nitrogen and oxygen atoms in total. The molecule has 1 amide bonds. The molecule has 1 heterocycles. The Kier molecular flexibility index (Phi) is 4.21. The highest BCUT2D eigenvalue weighted by atomic mass is 79.9. The lowest BCUT2D eigenvalue weighted by Crippen LogP contribution is -2.41. The van der Waals surface area contributed by atoms with Gasteiger partial charge in [0.05, 0.1) is 13.2 Å². The highest BCUT2D eigenvalue weighted by molar-refractivity contribution is 9.10. The fourth-order valence-corrected chi connectivity index (χ4v) is 2.62. The summed E-state index contributed by atoms with van der Waals surface area (Å²) in [5, 5.41) is 5.89. The van der Waals surface area contributed by atoms with E-state index in [0.29, 0.717) is 19.1 Å². The highest BCUT2D eigenvalue weighted by Crippen LogP contribution is 2.30. The number of rotatable bonds is 4. The van der Waals surface area contributed by atoms with Crippen LogP contribution in [-0.4, -0.2) is 32.1 Å². The van der Waals surface area contributed by atoms with Gasteiger partial charge in [-0.1, -0.05) is 34.1 Å². The Morgan fingerprint density at radius 1 is 1.42 bits per heavy atom. The van der Waals surface area contributed by atoms with Crippen LogP contribution in [0.5, 0.6) is 0 Å². The predicted molar refractivity (Wildman–Crippen MR) is 77.0 cm³/mol. The largest absolute Gasteiger partial charge is 0.383 e. The zero-order chi connectivity index (χ0) is 13.9. The smallest absolute Gasteiger partial charge is 0.256 e. The van der Waals surface area contributed by atoms with E-state index in [1.165, 1.54) is 0 Å². The van der Waals surface area contributed by atoms with Crippen LogP contribution in [0, 0.1) is 0 Å². The summed E-state index contributed by atoms with van der Waals surface area (Å²) < 4.78 is 5.82. The van der Waals surface area contributed by atoms with Crippen molar-refractivity contribution in [2.75, 3.05) is 20.3 Å². The van der Waals surface area contributed by atoms with Gasteiger partial charge in [0.2, 0.25) is 0 Å². The van der Waals surface area contributed by atoms with Crippen molar-refractivity contribution in [3.05, 3.63) is 34.3 Å². The summed E-state index contributed by atoms with van der Waals surface area (Å²) in [6.07, 6.45) is 0. The lowest BCUT2D eigenvalue weighted by molar-refractivity contribution is -0.123. The number of guanidine groups is 1. The van der Waals surface area contributed by atoms with Crippen LogP contribution < -0.4 is 10.6 Å². The van der Waals surface area contributed by atoms with Crippen LogP contribution in [0.3, 0.4) is 0 Å². The molecular weight excluding hydrogens is 310 g/mol. The molecule has 1 aliphatic heterocycles. The molecular formula is C13H16BrN3O2. The van der Waals surface area contributed by atoms with Crippen LogP contribution in [0.4, 0.5) is 0 Å². The van der Waals surface area contributed by atoms with Crippen molar-refractivity contribution in [2.24, 2.45) is 4.99 Å². The minimum absolute atomic E-state index is 0.115. The first-order chi connectivity index (χ1) is 9.08. The minimum Gasteiger partial charge on any atom is -0.383 e. The minimum atomic E-state index is -0.813. The molecule has 0 bridgehead atoms. The fourth-order valence-electron chi connectivity index (χ4n) is 1.94. The average Bonchev–Trinajstić information content (AvgIpc) is 2.67. The van der Waals surface area contributed by atoms with Crippen molar-refractivity contribution < 1.29 is 9.53 Å². The molecule has 0 radical (unpaired) electrons. The van der Waals surface area contributed by atoms with Gasteiger partial charge >= 0.3 is 0 Å². The number of amides is 1. The van der Waals surface area contributed by atoms with E-state index in [0.717, 1.165) is 10.0 Å². The maximum Gasteiger partial charge on any atom is 0.256 e. The predicted octanol–water partition coefficient (Wildman–Crippen LogP) is 1.39. The number of benzene rings is 1. The number of carbonyl (C=O) groups is 1. The normalized spacial score (nSPS) is 24.4. The van der Waals surface area contributed by atoms with E-state index in [2.05, 4.69) is 31.6 Å². The Morgan fingerprint density at radius 2 is 2.16 bits per heavy atom. The molecule has 0 aromatic heterocycles. The number of nitrogens with zero attached hydrogens (tertiary/aromatic N) is 1. The molecule has 6 heteroatoms. The van der Waals surface area contributed by atoms with Crippen molar-refractivity contribution in [2.45, 2.75) is 12.5 Å². The van der Waals surface area contributed by atoms with Crippen molar-refractivity contribution >= 4 is 27.8 Å². The van der Waals surface area contributed by atoms with Gasteiger partial charge in [0, 0.05) is 17.1 Å². The van der Waals surface area contributed by atoms with E-state index in [9.17, 15) is 4.79 Å². The van der Waals surface area contributed by atoms with Crippen molar-refractivity contribution in [3.8, 4) is 0 Å². The van der Waals surface area contributed by atoms with Crippen LogP contribution in [-0.2, 0) is 15.1 Å². The van der Waals surface area contributed by atoms with Crippen LogP contribution in [0.15, 0.2) is 33.7 Å². The van der Waals surface area contributed by atoms with Gasteiger partial charge in [-0.15, -0.1) is 0 Å². The molecule has 1 saturated heterocycles. The topological polar surface area (TPSA) is 62.7 Å². The number of halogens is 1. The summed E-state index contributed by atoms with van der Waals surface area (Å²) in [6, 6.07) is 7.64. The van der Waals surface area contributed by atoms with Crippen LogP contribution in [0.25, 0.3) is 0 Å². The maximum absolute atomic E-state index is 12.2. The second kappa shape index (κ2) is 5.71. The van der Waals surface area contributed by atoms with Gasteiger partial charge in [0.1, 0.15) is 5.54 Å².